The molecule has 150 valence electrons. The number of hydrogen-bond acceptors (Lipinski definition) is 5. The molecule has 0 saturated heterocycles. The molecule has 0 spiro atoms. The van der Waals surface area contributed by atoms with Gasteiger partial charge in [0, 0.05) is 19.5 Å². The van der Waals surface area contributed by atoms with Crippen molar-refractivity contribution in [1.82, 2.24) is 10.6 Å². The molecule has 0 saturated carbocycles. The number of benzene rings is 2. The van der Waals surface area contributed by atoms with E-state index < -0.39 is 0 Å². The molecule has 0 bridgehead atoms. The largest absolute Gasteiger partial charge is 0.508 e. The summed E-state index contributed by atoms with van der Waals surface area (Å²) in [6.45, 7) is 2.63. The number of phenolic OH excluding ortho intramolecular Hbond substituents is 1. The van der Waals surface area contributed by atoms with E-state index in [0.717, 1.165) is 11.1 Å². The Bertz CT molecular complexity index is 807. The molecule has 3 N–H and O–H groups in total. The summed E-state index contributed by atoms with van der Waals surface area (Å²) in [7, 11) is 1.52. The molecule has 7 heteroatoms. The third-order valence-electron chi connectivity index (χ3n) is 4.06. The van der Waals surface area contributed by atoms with E-state index in [2.05, 4.69) is 10.6 Å². The fraction of sp³-hybridized carbons (Fsp3) is 0.333. The van der Waals surface area contributed by atoms with Crippen LogP contribution in [-0.2, 0) is 22.6 Å². The van der Waals surface area contributed by atoms with E-state index >= 15 is 0 Å². The Kier molecular flexibility index (Phi) is 8.14. The molecule has 0 radical (unpaired) electrons. The molecule has 28 heavy (non-hydrogen) atoms. The summed E-state index contributed by atoms with van der Waals surface area (Å²) in [6, 6.07) is 12.3. The second-order valence-corrected chi connectivity index (χ2v) is 6.13. The zero-order valence-corrected chi connectivity index (χ0v) is 16.2. The highest BCUT2D eigenvalue weighted by atomic mass is 16.5. The Morgan fingerprint density at radius 1 is 1.04 bits per heavy atom. The normalized spacial score (nSPS) is 10.2. The molecule has 2 amide bonds. The third kappa shape index (κ3) is 6.50. The number of aryl methyl sites for hydroxylation is 1. The first-order valence-electron chi connectivity index (χ1n) is 9.13. The van der Waals surface area contributed by atoms with Crippen LogP contribution in [0.4, 0.5) is 0 Å². The second kappa shape index (κ2) is 10.8. The van der Waals surface area contributed by atoms with E-state index in [9.17, 15) is 14.7 Å². The van der Waals surface area contributed by atoms with Crippen LogP contribution in [-0.4, -0.2) is 37.2 Å². The van der Waals surface area contributed by atoms with Crippen molar-refractivity contribution in [2.45, 2.75) is 26.3 Å². The van der Waals surface area contributed by atoms with Crippen molar-refractivity contribution in [3.63, 3.8) is 0 Å². The quantitative estimate of drug-likeness (QED) is 0.581. The third-order valence-corrected chi connectivity index (χ3v) is 4.06. The molecule has 0 aliphatic rings. The van der Waals surface area contributed by atoms with Gasteiger partial charge in [-0.2, -0.15) is 0 Å². The molecule has 0 aliphatic carbocycles. The summed E-state index contributed by atoms with van der Waals surface area (Å²) < 4.78 is 10.8. The van der Waals surface area contributed by atoms with Crippen molar-refractivity contribution < 1.29 is 24.2 Å². The molecular formula is C21H26N2O5. The van der Waals surface area contributed by atoms with Crippen molar-refractivity contribution in [3.8, 4) is 17.2 Å². The lowest BCUT2D eigenvalue weighted by Gasteiger charge is -2.12. The second-order valence-electron chi connectivity index (χ2n) is 6.13. The first kappa shape index (κ1) is 21.1. The highest BCUT2D eigenvalue weighted by Gasteiger charge is 2.10. The van der Waals surface area contributed by atoms with E-state index in [1.165, 1.54) is 7.11 Å². The molecule has 2 aromatic carbocycles. The molecule has 0 unspecified atom stereocenters. The van der Waals surface area contributed by atoms with E-state index in [0.29, 0.717) is 31.0 Å². The number of aromatic hydroxyl groups is 1. The molecule has 2 rings (SSSR count). The maximum atomic E-state index is 12.1. The fourth-order valence-corrected chi connectivity index (χ4v) is 2.59. The average molecular weight is 386 g/mol. The van der Waals surface area contributed by atoms with Crippen LogP contribution in [0, 0.1) is 0 Å². The van der Waals surface area contributed by atoms with Crippen molar-refractivity contribution >= 4 is 11.8 Å². The minimum absolute atomic E-state index is 0.0907. The van der Waals surface area contributed by atoms with Crippen LogP contribution in [0.1, 0.15) is 24.5 Å². The molecule has 0 fully saturated rings. The van der Waals surface area contributed by atoms with Gasteiger partial charge in [-0.25, -0.2) is 0 Å². The van der Waals surface area contributed by atoms with Gasteiger partial charge in [0.25, 0.3) is 5.91 Å². The molecular weight excluding hydrogens is 360 g/mol. The number of phenols is 1. The fourth-order valence-electron chi connectivity index (χ4n) is 2.59. The van der Waals surface area contributed by atoms with Crippen LogP contribution in [0.3, 0.4) is 0 Å². The highest BCUT2D eigenvalue weighted by Crippen LogP contribution is 2.28. The molecule has 0 heterocycles. The van der Waals surface area contributed by atoms with E-state index in [4.69, 9.17) is 9.47 Å². The van der Waals surface area contributed by atoms with Gasteiger partial charge in [0.05, 0.1) is 7.11 Å². The van der Waals surface area contributed by atoms with E-state index in [1.54, 1.807) is 36.4 Å². The number of rotatable bonds is 10. The SMILES string of the molecule is CCNC(=O)COc1ccc(CNC(=O)CCc2ccccc2O)cc1OC. The van der Waals surface area contributed by atoms with Crippen LogP contribution in [0.5, 0.6) is 17.2 Å². The standard InChI is InChI=1S/C21H26N2O5/c1-3-22-21(26)14-28-18-10-8-15(12-19(18)27-2)13-23-20(25)11-9-16-6-4-5-7-17(16)24/h4-8,10,12,24H,3,9,11,13-14H2,1-2H3,(H,22,26)(H,23,25). The van der Waals surface area contributed by atoms with Gasteiger partial charge in [-0.1, -0.05) is 24.3 Å². The Hall–Kier alpha value is -3.22. The summed E-state index contributed by atoms with van der Waals surface area (Å²) >= 11 is 0. The van der Waals surface area contributed by atoms with Gasteiger partial charge in [-0.15, -0.1) is 0 Å². The first-order chi connectivity index (χ1) is 13.5. The van der Waals surface area contributed by atoms with E-state index in [-0.39, 0.29) is 30.6 Å². The van der Waals surface area contributed by atoms with Crippen molar-refractivity contribution in [3.05, 3.63) is 53.6 Å². The summed E-state index contributed by atoms with van der Waals surface area (Å²) in [5.41, 5.74) is 1.59. The van der Waals surface area contributed by atoms with Gasteiger partial charge < -0.3 is 25.2 Å². The van der Waals surface area contributed by atoms with Crippen LogP contribution in [0.25, 0.3) is 0 Å². The number of carbonyl (C=O) groups excluding carboxylic acids is 2. The number of carbonyl (C=O) groups is 2. The summed E-state index contributed by atoms with van der Waals surface area (Å²) in [4.78, 5) is 23.6. The molecule has 0 aromatic heterocycles. The van der Waals surface area contributed by atoms with Crippen LogP contribution in [0.15, 0.2) is 42.5 Å². The van der Waals surface area contributed by atoms with Crippen LogP contribution < -0.4 is 20.1 Å². The predicted octanol–water partition coefficient (Wildman–Crippen LogP) is 2.16. The number of hydrogen-bond donors (Lipinski definition) is 3. The molecule has 2 aromatic rings. The zero-order valence-electron chi connectivity index (χ0n) is 16.2. The lowest BCUT2D eigenvalue weighted by Crippen LogP contribution is -2.28. The first-order valence-corrected chi connectivity index (χ1v) is 9.13. The van der Waals surface area contributed by atoms with Crippen molar-refractivity contribution in [2.24, 2.45) is 0 Å². The Labute approximate surface area is 164 Å². The number of likely N-dealkylation sites (N-methyl/N-ethyl adjacent to an activating group) is 1. The van der Waals surface area contributed by atoms with Gasteiger partial charge in [-0.05, 0) is 42.7 Å². The lowest BCUT2D eigenvalue weighted by molar-refractivity contribution is -0.123. The van der Waals surface area contributed by atoms with Crippen molar-refractivity contribution in [2.75, 3.05) is 20.3 Å². The summed E-state index contributed by atoms with van der Waals surface area (Å²) in [5.74, 6) is 0.834. The van der Waals surface area contributed by atoms with Gasteiger partial charge in [0.1, 0.15) is 5.75 Å². The number of amides is 2. The minimum Gasteiger partial charge on any atom is -0.508 e. The highest BCUT2D eigenvalue weighted by molar-refractivity contribution is 5.77. The summed E-state index contributed by atoms with van der Waals surface area (Å²) in [6.07, 6.45) is 0.747. The monoisotopic (exact) mass is 386 g/mol. The van der Waals surface area contributed by atoms with Crippen molar-refractivity contribution in [1.29, 1.82) is 0 Å². The van der Waals surface area contributed by atoms with Gasteiger partial charge in [0.15, 0.2) is 18.1 Å². The smallest absolute Gasteiger partial charge is 0.257 e. The number of para-hydroxylation sites is 1. The number of ether oxygens (including phenoxy) is 2. The molecule has 0 atom stereocenters. The van der Waals surface area contributed by atoms with Gasteiger partial charge >= 0.3 is 0 Å². The lowest BCUT2D eigenvalue weighted by atomic mass is 10.1. The Morgan fingerprint density at radius 2 is 1.82 bits per heavy atom. The van der Waals surface area contributed by atoms with Gasteiger partial charge in [-0.3, -0.25) is 9.59 Å². The average Bonchev–Trinajstić information content (AvgIpc) is 2.70. The maximum absolute atomic E-state index is 12.1. The zero-order chi connectivity index (χ0) is 20.4. The Balaban J connectivity index is 1.85. The van der Waals surface area contributed by atoms with E-state index in [1.807, 2.05) is 13.0 Å². The number of nitrogens with one attached hydrogen (secondary N) is 2. The minimum atomic E-state index is -0.203. The molecule has 7 nitrogen and oxygen atoms in total. The predicted molar refractivity (Wildman–Crippen MR) is 105 cm³/mol. The van der Waals surface area contributed by atoms with Crippen LogP contribution in [0.2, 0.25) is 0 Å². The molecule has 0 aliphatic heterocycles. The number of methoxy groups -OCH3 is 1. The summed E-state index contributed by atoms with van der Waals surface area (Å²) in [5, 5.41) is 15.2. The van der Waals surface area contributed by atoms with Crippen LogP contribution >= 0.6 is 0 Å². The Morgan fingerprint density at radius 3 is 2.54 bits per heavy atom. The topological polar surface area (TPSA) is 96.9 Å². The van der Waals surface area contributed by atoms with Gasteiger partial charge in [0.2, 0.25) is 5.91 Å². The maximum Gasteiger partial charge on any atom is 0.257 e.